The van der Waals surface area contributed by atoms with Crippen LogP contribution in [0.4, 0.5) is 0 Å². The second-order valence-corrected chi connectivity index (χ2v) is 8.04. The highest BCUT2D eigenvalue weighted by atomic mass is 32.1. The molecule has 5 rings (SSSR count). The van der Waals surface area contributed by atoms with E-state index < -0.39 is 0 Å². The summed E-state index contributed by atoms with van der Waals surface area (Å²) in [6, 6.07) is 3.56. The zero-order chi connectivity index (χ0) is 20.1. The summed E-state index contributed by atoms with van der Waals surface area (Å²) in [7, 11) is 4.67. The van der Waals surface area contributed by atoms with Crippen LogP contribution in [0, 0.1) is 0 Å². The lowest BCUT2D eigenvalue weighted by atomic mass is 9.97. The summed E-state index contributed by atoms with van der Waals surface area (Å²) in [5.41, 5.74) is 2.27. The Bertz CT molecular complexity index is 1280. The van der Waals surface area contributed by atoms with Crippen molar-refractivity contribution in [2.75, 3.05) is 21.3 Å². The van der Waals surface area contributed by atoms with Gasteiger partial charge in [0.15, 0.2) is 23.0 Å². The van der Waals surface area contributed by atoms with Crippen LogP contribution in [0.2, 0.25) is 0 Å². The standard InChI is InChI=1S/C20H20N4O4S/c1-26-12-8-10(9-13(27-2)16(12)28-3)17-21-18-15-11-6-4-5-7-14(11)29-19(15)22-20(25)24(18)23-17/h8-9H,4-7H2,1-3H3,(H,22,25). The molecule has 8 nitrogen and oxygen atoms in total. The largest absolute Gasteiger partial charge is 0.493 e. The zero-order valence-corrected chi connectivity index (χ0v) is 17.2. The Morgan fingerprint density at radius 3 is 2.48 bits per heavy atom. The SMILES string of the molecule is COc1cc(-c2nc3c4c5c(sc4[nH]c(=O)n3n2)CCCC5)cc(OC)c1OC. The smallest absolute Gasteiger partial charge is 0.349 e. The number of benzene rings is 1. The Hall–Kier alpha value is -3.07. The highest BCUT2D eigenvalue weighted by molar-refractivity contribution is 7.19. The molecule has 4 aromatic rings. The number of methoxy groups -OCH3 is 3. The number of ether oxygens (including phenoxy) is 3. The van der Waals surface area contributed by atoms with E-state index in [0.717, 1.165) is 29.5 Å². The maximum atomic E-state index is 12.6. The molecule has 3 heterocycles. The number of H-pyrrole nitrogens is 1. The van der Waals surface area contributed by atoms with E-state index in [-0.39, 0.29) is 5.69 Å². The van der Waals surface area contributed by atoms with E-state index in [1.807, 2.05) is 0 Å². The van der Waals surface area contributed by atoms with Crippen LogP contribution >= 0.6 is 11.3 Å². The van der Waals surface area contributed by atoms with E-state index in [1.165, 1.54) is 21.4 Å². The first-order chi connectivity index (χ1) is 14.1. The van der Waals surface area contributed by atoms with Crippen molar-refractivity contribution in [2.45, 2.75) is 25.7 Å². The number of aromatic nitrogens is 4. The van der Waals surface area contributed by atoms with E-state index in [4.69, 9.17) is 19.2 Å². The molecule has 0 radical (unpaired) electrons. The van der Waals surface area contributed by atoms with Crippen molar-refractivity contribution in [3.63, 3.8) is 0 Å². The van der Waals surface area contributed by atoms with Crippen LogP contribution in [0.3, 0.4) is 0 Å². The summed E-state index contributed by atoms with van der Waals surface area (Å²) in [5.74, 6) is 1.94. The van der Waals surface area contributed by atoms with Gasteiger partial charge in [-0.15, -0.1) is 16.4 Å². The molecular formula is C20H20N4O4S. The van der Waals surface area contributed by atoms with Crippen LogP contribution in [0.25, 0.3) is 27.3 Å². The Morgan fingerprint density at radius 1 is 1.07 bits per heavy atom. The Balaban J connectivity index is 1.77. The van der Waals surface area contributed by atoms with Crippen molar-refractivity contribution in [1.82, 2.24) is 19.6 Å². The van der Waals surface area contributed by atoms with Crippen molar-refractivity contribution >= 4 is 27.2 Å². The lowest BCUT2D eigenvalue weighted by Gasteiger charge is -2.12. The number of nitrogens with zero attached hydrogens (tertiary/aromatic N) is 3. The highest BCUT2D eigenvalue weighted by Crippen LogP contribution is 2.41. The van der Waals surface area contributed by atoms with E-state index >= 15 is 0 Å². The average molecular weight is 412 g/mol. The molecule has 29 heavy (non-hydrogen) atoms. The van der Waals surface area contributed by atoms with E-state index in [9.17, 15) is 4.79 Å². The van der Waals surface area contributed by atoms with Crippen LogP contribution in [-0.4, -0.2) is 40.9 Å². The van der Waals surface area contributed by atoms with E-state index in [2.05, 4.69) is 10.1 Å². The second-order valence-electron chi connectivity index (χ2n) is 6.93. The van der Waals surface area contributed by atoms with Gasteiger partial charge in [0, 0.05) is 10.4 Å². The number of hydrogen-bond acceptors (Lipinski definition) is 7. The first kappa shape index (κ1) is 18.0. The summed E-state index contributed by atoms with van der Waals surface area (Å²) in [5, 5.41) is 5.49. The molecule has 0 fully saturated rings. The predicted octanol–water partition coefficient (Wildman–Crippen LogP) is 3.20. The molecule has 0 aliphatic heterocycles. The minimum atomic E-state index is -0.294. The molecule has 1 N–H and O–H groups in total. The van der Waals surface area contributed by atoms with Gasteiger partial charge in [0.05, 0.1) is 26.7 Å². The molecule has 0 unspecified atom stereocenters. The number of hydrogen-bond donors (Lipinski definition) is 1. The number of thiophene rings is 1. The Kier molecular flexibility index (Phi) is 4.20. The van der Waals surface area contributed by atoms with Crippen molar-refractivity contribution < 1.29 is 14.2 Å². The Labute approximate surface area is 170 Å². The van der Waals surface area contributed by atoms with Crippen LogP contribution in [0.15, 0.2) is 16.9 Å². The number of fused-ring (bicyclic) bond motifs is 5. The molecule has 0 amide bonds. The molecule has 0 saturated carbocycles. The molecule has 1 aliphatic carbocycles. The van der Waals surface area contributed by atoms with E-state index in [0.29, 0.717) is 34.3 Å². The molecule has 1 aliphatic rings. The van der Waals surface area contributed by atoms with E-state index in [1.54, 1.807) is 44.8 Å². The summed E-state index contributed by atoms with van der Waals surface area (Å²) in [4.78, 5) is 22.6. The summed E-state index contributed by atoms with van der Waals surface area (Å²) < 4.78 is 17.6. The van der Waals surface area contributed by atoms with Crippen molar-refractivity contribution in [3.05, 3.63) is 33.1 Å². The van der Waals surface area contributed by atoms with Gasteiger partial charge in [-0.05, 0) is 43.4 Å². The molecule has 0 bridgehead atoms. The minimum Gasteiger partial charge on any atom is -0.493 e. The third-order valence-corrected chi connectivity index (χ3v) is 6.55. The van der Waals surface area contributed by atoms with Crippen LogP contribution in [0.5, 0.6) is 17.2 Å². The molecule has 0 saturated heterocycles. The lowest BCUT2D eigenvalue weighted by Crippen LogP contribution is -2.17. The summed E-state index contributed by atoms with van der Waals surface area (Å²) in [6.45, 7) is 0. The van der Waals surface area contributed by atoms with Gasteiger partial charge in [-0.25, -0.2) is 9.78 Å². The Morgan fingerprint density at radius 2 is 1.79 bits per heavy atom. The normalized spacial score (nSPS) is 13.6. The molecule has 1 aromatic carbocycles. The van der Waals surface area contributed by atoms with Gasteiger partial charge >= 0.3 is 5.69 Å². The summed E-state index contributed by atoms with van der Waals surface area (Å²) >= 11 is 1.66. The fourth-order valence-corrected chi connectivity index (χ4v) is 5.26. The fraction of sp³-hybridized carbons (Fsp3) is 0.350. The third-order valence-electron chi connectivity index (χ3n) is 5.34. The van der Waals surface area contributed by atoms with Gasteiger partial charge in [-0.1, -0.05) is 0 Å². The van der Waals surface area contributed by atoms with Gasteiger partial charge in [-0.3, -0.25) is 4.98 Å². The zero-order valence-electron chi connectivity index (χ0n) is 16.4. The lowest BCUT2D eigenvalue weighted by molar-refractivity contribution is 0.324. The molecular weight excluding hydrogens is 392 g/mol. The van der Waals surface area contributed by atoms with Crippen molar-refractivity contribution in [1.29, 1.82) is 0 Å². The fourth-order valence-electron chi connectivity index (χ4n) is 3.99. The maximum Gasteiger partial charge on any atom is 0.349 e. The highest BCUT2D eigenvalue weighted by Gasteiger charge is 2.23. The van der Waals surface area contributed by atoms with Crippen LogP contribution in [-0.2, 0) is 12.8 Å². The van der Waals surface area contributed by atoms with Gasteiger partial charge in [0.25, 0.3) is 0 Å². The molecule has 150 valence electrons. The van der Waals surface area contributed by atoms with Crippen molar-refractivity contribution in [2.24, 2.45) is 0 Å². The van der Waals surface area contributed by atoms with Crippen LogP contribution in [0.1, 0.15) is 23.3 Å². The number of nitrogens with one attached hydrogen (secondary N) is 1. The molecule has 3 aromatic heterocycles. The monoisotopic (exact) mass is 412 g/mol. The molecule has 9 heteroatoms. The molecule has 0 spiro atoms. The quantitative estimate of drug-likeness (QED) is 0.554. The second kappa shape index (κ2) is 6.77. The first-order valence-corrected chi connectivity index (χ1v) is 10.2. The van der Waals surface area contributed by atoms with Crippen molar-refractivity contribution in [3.8, 4) is 28.6 Å². The number of aromatic amines is 1. The van der Waals surface area contributed by atoms with Gasteiger partial charge in [0.2, 0.25) is 5.75 Å². The average Bonchev–Trinajstić information content (AvgIpc) is 3.34. The number of rotatable bonds is 4. The van der Waals surface area contributed by atoms with Gasteiger partial charge in [-0.2, -0.15) is 4.52 Å². The minimum absolute atomic E-state index is 0.294. The topological polar surface area (TPSA) is 90.7 Å². The van der Waals surface area contributed by atoms with Gasteiger partial charge < -0.3 is 14.2 Å². The number of aryl methyl sites for hydroxylation is 2. The molecule has 0 atom stereocenters. The maximum absolute atomic E-state index is 12.6. The summed E-state index contributed by atoms with van der Waals surface area (Å²) in [6.07, 6.45) is 4.39. The van der Waals surface area contributed by atoms with Crippen LogP contribution < -0.4 is 19.9 Å². The first-order valence-electron chi connectivity index (χ1n) is 9.38. The van der Waals surface area contributed by atoms with Gasteiger partial charge in [0.1, 0.15) is 4.83 Å². The third kappa shape index (κ3) is 2.68. The predicted molar refractivity (Wildman–Crippen MR) is 111 cm³/mol.